The van der Waals surface area contributed by atoms with Gasteiger partial charge in [0.1, 0.15) is 0 Å². The first-order valence-electron chi connectivity index (χ1n) is 4.47. The maximum Gasteiger partial charge on any atom is 0.221 e. The summed E-state index contributed by atoms with van der Waals surface area (Å²) < 4.78 is 1.13. The van der Waals surface area contributed by atoms with Crippen molar-refractivity contribution in [2.24, 2.45) is 0 Å². The molecule has 0 saturated heterocycles. The van der Waals surface area contributed by atoms with Gasteiger partial charge in [-0.1, -0.05) is 0 Å². The van der Waals surface area contributed by atoms with E-state index >= 15 is 0 Å². The SMILES string of the molecule is CC(=O)Nc1cc(C)c(C)c(C)c1I. The molecule has 0 aliphatic rings. The summed E-state index contributed by atoms with van der Waals surface area (Å²) in [6, 6.07) is 2.02. The van der Waals surface area contributed by atoms with Gasteiger partial charge in [-0.05, 0) is 66.1 Å². The molecule has 1 aromatic rings. The molecular formula is C11H14INO. The third-order valence-corrected chi connectivity index (χ3v) is 3.78. The Labute approximate surface area is 98.2 Å². The molecule has 0 fully saturated rings. The second-order valence-electron chi connectivity index (χ2n) is 3.49. The van der Waals surface area contributed by atoms with Gasteiger partial charge in [0.05, 0.1) is 5.69 Å². The van der Waals surface area contributed by atoms with Gasteiger partial charge in [0, 0.05) is 10.5 Å². The van der Waals surface area contributed by atoms with E-state index in [-0.39, 0.29) is 5.91 Å². The first-order chi connectivity index (χ1) is 6.43. The number of aryl methyl sites for hydroxylation is 1. The molecule has 0 aliphatic heterocycles. The van der Waals surface area contributed by atoms with Crippen LogP contribution < -0.4 is 5.32 Å². The van der Waals surface area contributed by atoms with Crippen molar-refractivity contribution in [1.82, 2.24) is 0 Å². The van der Waals surface area contributed by atoms with E-state index in [1.807, 2.05) is 6.07 Å². The van der Waals surface area contributed by atoms with Crippen LogP contribution in [0.5, 0.6) is 0 Å². The molecule has 0 unspecified atom stereocenters. The van der Waals surface area contributed by atoms with Gasteiger partial charge in [0.15, 0.2) is 0 Å². The smallest absolute Gasteiger partial charge is 0.221 e. The Morgan fingerprint density at radius 2 is 1.86 bits per heavy atom. The largest absolute Gasteiger partial charge is 0.325 e. The Morgan fingerprint density at radius 3 is 2.36 bits per heavy atom. The molecule has 0 spiro atoms. The van der Waals surface area contributed by atoms with E-state index in [1.54, 1.807) is 0 Å². The molecule has 0 bridgehead atoms. The number of hydrogen-bond acceptors (Lipinski definition) is 1. The lowest BCUT2D eigenvalue weighted by molar-refractivity contribution is -0.114. The molecule has 0 aliphatic carbocycles. The fraction of sp³-hybridized carbons (Fsp3) is 0.364. The maximum absolute atomic E-state index is 11.0. The van der Waals surface area contributed by atoms with Crippen molar-refractivity contribution in [2.75, 3.05) is 5.32 Å². The fourth-order valence-corrected chi connectivity index (χ4v) is 2.03. The first-order valence-corrected chi connectivity index (χ1v) is 5.55. The van der Waals surface area contributed by atoms with Crippen LogP contribution in [-0.2, 0) is 4.79 Å². The highest BCUT2D eigenvalue weighted by molar-refractivity contribution is 14.1. The summed E-state index contributed by atoms with van der Waals surface area (Å²) in [6.07, 6.45) is 0. The van der Waals surface area contributed by atoms with Crippen molar-refractivity contribution in [3.05, 3.63) is 26.3 Å². The van der Waals surface area contributed by atoms with Gasteiger partial charge in [-0.15, -0.1) is 0 Å². The minimum Gasteiger partial charge on any atom is -0.325 e. The van der Waals surface area contributed by atoms with Crippen molar-refractivity contribution in [3.8, 4) is 0 Å². The Morgan fingerprint density at radius 1 is 1.29 bits per heavy atom. The Kier molecular flexibility index (Phi) is 3.53. The molecule has 1 aromatic carbocycles. The number of halogens is 1. The van der Waals surface area contributed by atoms with E-state index in [9.17, 15) is 4.79 Å². The third-order valence-electron chi connectivity index (χ3n) is 2.39. The Bertz CT molecular complexity index is 385. The van der Waals surface area contributed by atoms with Gasteiger partial charge in [0.25, 0.3) is 0 Å². The van der Waals surface area contributed by atoms with E-state index in [0.29, 0.717) is 0 Å². The van der Waals surface area contributed by atoms with Crippen molar-refractivity contribution < 1.29 is 4.79 Å². The quantitative estimate of drug-likeness (QED) is 0.793. The standard InChI is InChI=1S/C11H14INO/c1-6-5-10(13-9(4)14)11(12)8(3)7(6)2/h5H,1-4H3,(H,13,14). The van der Waals surface area contributed by atoms with Crippen LogP contribution in [0.4, 0.5) is 5.69 Å². The zero-order valence-electron chi connectivity index (χ0n) is 8.86. The van der Waals surface area contributed by atoms with E-state index in [1.165, 1.54) is 23.6 Å². The van der Waals surface area contributed by atoms with Gasteiger partial charge in [-0.3, -0.25) is 4.79 Å². The van der Waals surface area contributed by atoms with Crippen LogP contribution in [0.3, 0.4) is 0 Å². The predicted octanol–water partition coefficient (Wildman–Crippen LogP) is 3.17. The summed E-state index contributed by atoms with van der Waals surface area (Å²) in [5.41, 5.74) is 4.67. The minimum absolute atomic E-state index is 0.0226. The lowest BCUT2D eigenvalue weighted by Gasteiger charge is -2.12. The summed E-state index contributed by atoms with van der Waals surface area (Å²) in [7, 11) is 0. The van der Waals surface area contributed by atoms with Crippen LogP contribution in [0, 0.1) is 24.3 Å². The number of rotatable bonds is 1. The summed E-state index contributed by atoms with van der Waals surface area (Å²) >= 11 is 2.27. The molecular weight excluding hydrogens is 289 g/mol. The third kappa shape index (κ3) is 2.26. The van der Waals surface area contributed by atoms with Crippen LogP contribution in [0.2, 0.25) is 0 Å². The van der Waals surface area contributed by atoms with E-state index < -0.39 is 0 Å². The second-order valence-corrected chi connectivity index (χ2v) is 4.56. The maximum atomic E-state index is 11.0. The molecule has 0 aromatic heterocycles. The number of amides is 1. The van der Waals surface area contributed by atoms with Crippen LogP contribution in [0.15, 0.2) is 6.07 Å². The predicted molar refractivity (Wildman–Crippen MR) is 67.7 cm³/mol. The number of benzene rings is 1. The highest BCUT2D eigenvalue weighted by Crippen LogP contribution is 2.27. The lowest BCUT2D eigenvalue weighted by atomic mass is 10.0. The second kappa shape index (κ2) is 4.29. The highest BCUT2D eigenvalue weighted by Gasteiger charge is 2.08. The average molecular weight is 303 g/mol. The highest BCUT2D eigenvalue weighted by atomic mass is 127. The number of nitrogens with one attached hydrogen (secondary N) is 1. The number of hydrogen-bond donors (Lipinski definition) is 1. The zero-order chi connectivity index (χ0) is 10.9. The van der Waals surface area contributed by atoms with Gasteiger partial charge in [0.2, 0.25) is 5.91 Å². The number of anilines is 1. The molecule has 1 rings (SSSR count). The average Bonchev–Trinajstić information content (AvgIpc) is 2.10. The zero-order valence-corrected chi connectivity index (χ0v) is 11.0. The summed E-state index contributed by atoms with van der Waals surface area (Å²) in [5.74, 6) is -0.0226. The molecule has 3 heteroatoms. The minimum atomic E-state index is -0.0226. The van der Waals surface area contributed by atoms with Gasteiger partial charge in [-0.2, -0.15) is 0 Å². The van der Waals surface area contributed by atoms with Crippen molar-refractivity contribution in [1.29, 1.82) is 0 Å². The molecule has 0 radical (unpaired) electrons. The van der Waals surface area contributed by atoms with Crippen molar-refractivity contribution in [2.45, 2.75) is 27.7 Å². The van der Waals surface area contributed by atoms with Crippen LogP contribution in [0.1, 0.15) is 23.6 Å². The molecule has 0 heterocycles. The molecule has 1 amide bonds. The monoisotopic (exact) mass is 303 g/mol. The number of carbonyl (C=O) groups excluding carboxylic acids is 1. The normalized spacial score (nSPS) is 10.1. The summed E-state index contributed by atoms with van der Waals surface area (Å²) in [5, 5.41) is 2.84. The van der Waals surface area contributed by atoms with E-state index in [2.05, 4.69) is 48.7 Å². The number of carbonyl (C=O) groups is 1. The van der Waals surface area contributed by atoms with Crippen molar-refractivity contribution >= 4 is 34.2 Å². The van der Waals surface area contributed by atoms with Crippen LogP contribution >= 0.6 is 22.6 Å². The Balaban J connectivity index is 3.25. The lowest BCUT2D eigenvalue weighted by Crippen LogP contribution is -2.08. The van der Waals surface area contributed by atoms with E-state index in [0.717, 1.165) is 9.26 Å². The molecule has 2 nitrogen and oxygen atoms in total. The van der Waals surface area contributed by atoms with E-state index in [4.69, 9.17) is 0 Å². The summed E-state index contributed by atoms with van der Waals surface area (Å²) in [6.45, 7) is 7.77. The summed E-state index contributed by atoms with van der Waals surface area (Å²) in [4.78, 5) is 11.0. The first kappa shape index (κ1) is 11.5. The van der Waals surface area contributed by atoms with Crippen LogP contribution in [0.25, 0.3) is 0 Å². The fourth-order valence-electron chi connectivity index (χ4n) is 1.33. The molecule has 1 N–H and O–H groups in total. The Hall–Kier alpha value is -0.580. The molecule has 0 saturated carbocycles. The molecule has 14 heavy (non-hydrogen) atoms. The molecule has 0 atom stereocenters. The topological polar surface area (TPSA) is 29.1 Å². The van der Waals surface area contributed by atoms with Crippen molar-refractivity contribution in [3.63, 3.8) is 0 Å². The van der Waals surface area contributed by atoms with Gasteiger partial charge >= 0.3 is 0 Å². The van der Waals surface area contributed by atoms with Gasteiger partial charge < -0.3 is 5.32 Å². The van der Waals surface area contributed by atoms with Crippen LogP contribution in [-0.4, -0.2) is 5.91 Å². The van der Waals surface area contributed by atoms with Gasteiger partial charge in [-0.25, -0.2) is 0 Å². The molecule has 76 valence electrons.